The van der Waals surface area contributed by atoms with Crippen molar-refractivity contribution in [2.45, 2.75) is 13.3 Å². The van der Waals surface area contributed by atoms with Crippen LogP contribution in [0.3, 0.4) is 0 Å². The van der Waals surface area contributed by atoms with Crippen LogP contribution in [0.2, 0.25) is 0 Å². The molecule has 0 saturated carbocycles. The van der Waals surface area contributed by atoms with Crippen LogP contribution in [-0.4, -0.2) is 34.1 Å². The molecule has 1 aliphatic rings. The van der Waals surface area contributed by atoms with E-state index in [9.17, 15) is 14.0 Å². The lowest BCUT2D eigenvalue weighted by atomic mass is 10.1. The van der Waals surface area contributed by atoms with Crippen molar-refractivity contribution >= 4 is 22.8 Å². The quantitative estimate of drug-likeness (QED) is 0.863. The first-order chi connectivity index (χ1) is 9.50. The molecule has 2 aromatic heterocycles. The highest BCUT2D eigenvalue weighted by Gasteiger charge is 2.24. The Balaban J connectivity index is 2.32. The lowest BCUT2D eigenvalue weighted by Crippen LogP contribution is -2.38. The number of anilines is 1. The summed E-state index contributed by atoms with van der Waals surface area (Å²) >= 11 is 0. The number of fused-ring (bicyclic) bond motifs is 1. The zero-order chi connectivity index (χ0) is 14.4. The SMILES string of the molecule is Cc1c(F)c(N2CCC2)nc2[nH]cc(C(=O)O)c(=O)c12. The van der Waals surface area contributed by atoms with E-state index < -0.39 is 22.8 Å². The first kappa shape index (κ1) is 12.6. The number of aromatic carboxylic acids is 1. The predicted molar refractivity (Wildman–Crippen MR) is 70.8 cm³/mol. The summed E-state index contributed by atoms with van der Waals surface area (Å²) in [4.78, 5) is 31.6. The van der Waals surface area contributed by atoms with Gasteiger partial charge in [-0.25, -0.2) is 14.2 Å². The van der Waals surface area contributed by atoms with Crippen molar-refractivity contribution < 1.29 is 14.3 Å². The van der Waals surface area contributed by atoms with Crippen LogP contribution in [0.25, 0.3) is 11.0 Å². The third-order valence-electron chi connectivity index (χ3n) is 3.57. The Hall–Kier alpha value is -2.44. The van der Waals surface area contributed by atoms with Gasteiger partial charge in [-0.05, 0) is 13.3 Å². The maximum atomic E-state index is 14.3. The molecule has 6 nitrogen and oxygen atoms in total. The Bertz CT molecular complexity index is 781. The summed E-state index contributed by atoms with van der Waals surface area (Å²) in [7, 11) is 0. The molecule has 2 aromatic rings. The fraction of sp³-hybridized carbons (Fsp3) is 0.308. The highest BCUT2D eigenvalue weighted by Crippen LogP contribution is 2.27. The number of halogens is 1. The van der Waals surface area contributed by atoms with Gasteiger partial charge < -0.3 is 15.0 Å². The van der Waals surface area contributed by atoms with Crippen LogP contribution in [0.5, 0.6) is 0 Å². The summed E-state index contributed by atoms with van der Waals surface area (Å²) in [5, 5.41) is 8.93. The Labute approximate surface area is 112 Å². The van der Waals surface area contributed by atoms with Crippen molar-refractivity contribution in [2.24, 2.45) is 0 Å². The number of aryl methyl sites for hydroxylation is 1. The number of rotatable bonds is 2. The van der Waals surface area contributed by atoms with Crippen molar-refractivity contribution in [1.29, 1.82) is 0 Å². The summed E-state index contributed by atoms with van der Waals surface area (Å²) < 4.78 is 14.3. The molecule has 104 valence electrons. The van der Waals surface area contributed by atoms with E-state index in [1.54, 1.807) is 4.90 Å². The molecule has 1 saturated heterocycles. The fourth-order valence-corrected chi connectivity index (χ4v) is 2.29. The van der Waals surface area contributed by atoms with Crippen LogP contribution in [0, 0.1) is 12.7 Å². The van der Waals surface area contributed by atoms with E-state index in [0.29, 0.717) is 0 Å². The zero-order valence-corrected chi connectivity index (χ0v) is 10.7. The van der Waals surface area contributed by atoms with Gasteiger partial charge in [-0.1, -0.05) is 0 Å². The number of nitrogens with one attached hydrogen (secondary N) is 1. The normalized spacial score (nSPS) is 14.4. The Morgan fingerprint density at radius 1 is 1.50 bits per heavy atom. The van der Waals surface area contributed by atoms with Gasteiger partial charge in [0.05, 0.1) is 5.39 Å². The lowest BCUT2D eigenvalue weighted by molar-refractivity contribution is 0.0695. The minimum atomic E-state index is -1.35. The highest BCUT2D eigenvalue weighted by atomic mass is 19.1. The molecule has 0 spiro atoms. The third kappa shape index (κ3) is 1.66. The van der Waals surface area contributed by atoms with E-state index in [0.717, 1.165) is 25.7 Å². The predicted octanol–water partition coefficient (Wildman–Crippen LogP) is 1.28. The largest absolute Gasteiger partial charge is 0.477 e. The van der Waals surface area contributed by atoms with E-state index in [1.165, 1.54) is 6.92 Å². The monoisotopic (exact) mass is 277 g/mol. The van der Waals surface area contributed by atoms with E-state index >= 15 is 0 Å². The average Bonchev–Trinajstić information content (AvgIpc) is 2.32. The van der Waals surface area contributed by atoms with Gasteiger partial charge >= 0.3 is 5.97 Å². The Morgan fingerprint density at radius 2 is 2.20 bits per heavy atom. The summed E-state index contributed by atoms with van der Waals surface area (Å²) in [5.74, 6) is -1.70. The van der Waals surface area contributed by atoms with Crippen LogP contribution in [0.15, 0.2) is 11.0 Å². The maximum Gasteiger partial charge on any atom is 0.341 e. The minimum Gasteiger partial charge on any atom is -0.477 e. The molecular weight excluding hydrogens is 265 g/mol. The van der Waals surface area contributed by atoms with E-state index in [2.05, 4.69) is 9.97 Å². The van der Waals surface area contributed by atoms with Gasteiger partial charge in [-0.3, -0.25) is 4.79 Å². The van der Waals surface area contributed by atoms with Gasteiger partial charge in [0.2, 0.25) is 5.43 Å². The molecule has 0 aromatic carbocycles. The van der Waals surface area contributed by atoms with Crippen LogP contribution in [0.4, 0.5) is 10.2 Å². The first-order valence-electron chi connectivity index (χ1n) is 6.20. The molecule has 1 aliphatic heterocycles. The summed E-state index contributed by atoms with van der Waals surface area (Å²) in [6.45, 7) is 2.92. The average molecular weight is 277 g/mol. The molecule has 3 rings (SSSR count). The fourth-order valence-electron chi connectivity index (χ4n) is 2.29. The Morgan fingerprint density at radius 3 is 2.75 bits per heavy atom. The lowest BCUT2D eigenvalue weighted by Gasteiger charge is -2.32. The topological polar surface area (TPSA) is 86.3 Å². The number of carboxylic acids is 1. The smallest absolute Gasteiger partial charge is 0.341 e. The number of hydrogen-bond acceptors (Lipinski definition) is 4. The molecule has 0 bridgehead atoms. The van der Waals surface area contributed by atoms with Gasteiger partial charge in [0, 0.05) is 24.8 Å². The Kier molecular flexibility index (Phi) is 2.70. The van der Waals surface area contributed by atoms with E-state index in [-0.39, 0.29) is 22.4 Å². The summed E-state index contributed by atoms with van der Waals surface area (Å²) in [6, 6.07) is 0. The van der Waals surface area contributed by atoms with Crippen LogP contribution in [0.1, 0.15) is 22.3 Å². The van der Waals surface area contributed by atoms with Crippen molar-refractivity contribution in [1.82, 2.24) is 9.97 Å². The molecule has 20 heavy (non-hydrogen) atoms. The number of nitrogens with zero attached hydrogens (tertiary/aromatic N) is 2. The molecule has 0 radical (unpaired) electrons. The molecule has 2 N–H and O–H groups in total. The second-order valence-electron chi connectivity index (χ2n) is 4.78. The molecule has 0 atom stereocenters. The molecule has 7 heteroatoms. The van der Waals surface area contributed by atoms with E-state index in [1.807, 2.05) is 0 Å². The molecule has 0 amide bonds. The van der Waals surface area contributed by atoms with Crippen LogP contribution < -0.4 is 10.3 Å². The first-order valence-corrected chi connectivity index (χ1v) is 6.20. The number of aromatic nitrogens is 2. The van der Waals surface area contributed by atoms with Crippen molar-refractivity contribution in [3.8, 4) is 0 Å². The van der Waals surface area contributed by atoms with Gasteiger partial charge in [0.1, 0.15) is 11.2 Å². The van der Waals surface area contributed by atoms with Gasteiger partial charge in [0.15, 0.2) is 11.6 Å². The van der Waals surface area contributed by atoms with Crippen LogP contribution >= 0.6 is 0 Å². The second-order valence-corrected chi connectivity index (χ2v) is 4.78. The van der Waals surface area contributed by atoms with E-state index in [4.69, 9.17) is 5.11 Å². The second kappa shape index (κ2) is 4.29. The molecule has 1 fully saturated rings. The van der Waals surface area contributed by atoms with Crippen molar-refractivity contribution in [3.63, 3.8) is 0 Å². The molecule has 0 aliphatic carbocycles. The molecule has 0 unspecified atom stereocenters. The number of aromatic amines is 1. The number of carbonyl (C=O) groups is 1. The van der Waals surface area contributed by atoms with Gasteiger partial charge in [-0.2, -0.15) is 0 Å². The third-order valence-corrected chi connectivity index (χ3v) is 3.57. The molecular formula is C13H12FN3O3. The van der Waals surface area contributed by atoms with Gasteiger partial charge in [0.25, 0.3) is 0 Å². The number of H-pyrrole nitrogens is 1. The number of pyridine rings is 2. The standard InChI is InChI=1S/C13H12FN3O3/c1-6-8-10(18)7(13(19)20)5-15-11(8)16-12(9(6)14)17-3-2-4-17/h5H,2-4H2,1H3,(H,19,20)(H,15,16,18). The minimum absolute atomic E-state index is 0.00771. The summed E-state index contributed by atoms with van der Waals surface area (Å²) in [5.41, 5.74) is -0.800. The van der Waals surface area contributed by atoms with Crippen molar-refractivity contribution in [2.75, 3.05) is 18.0 Å². The highest BCUT2D eigenvalue weighted by molar-refractivity contribution is 5.92. The zero-order valence-electron chi connectivity index (χ0n) is 10.7. The number of carboxylic acid groups (broad SMARTS) is 1. The van der Waals surface area contributed by atoms with Crippen LogP contribution in [-0.2, 0) is 0 Å². The summed E-state index contributed by atoms with van der Waals surface area (Å²) in [6.07, 6.45) is 2.07. The maximum absolute atomic E-state index is 14.3. The van der Waals surface area contributed by atoms with Crippen molar-refractivity contribution in [3.05, 3.63) is 33.4 Å². The van der Waals surface area contributed by atoms with Gasteiger partial charge in [-0.15, -0.1) is 0 Å². The molecule has 3 heterocycles. The number of hydrogen-bond donors (Lipinski definition) is 2.